The Morgan fingerprint density at radius 3 is 2.26 bits per heavy atom. The van der Waals surface area contributed by atoms with E-state index < -0.39 is 11.6 Å². The molecule has 6 heteroatoms. The van der Waals surface area contributed by atoms with Gasteiger partial charge in [0.15, 0.2) is 0 Å². The van der Waals surface area contributed by atoms with Crippen LogP contribution in [0.5, 0.6) is 0 Å². The Hall–Kier alpha value is -2.08. The second-order valence-electron chi connectivity index (χ2n) is 13.1. The minimum absolute atomic E-state index is 0.0235. The lowest BCUT2D eigenvalue weighted by molar-refractivity contribution is -0.131. The average molecular weight is 480 g/mol. The zero-order chi connectivity index (χ0) is 24.4. The van der Waals surface area contributed by atoms with Crippen molar-refractivity contribution in [3.05, 3.63) is 35.4 Å². The van der Waals surface area contributed by atoms with Gasteiger partial charge >= 0.3 is 6.09 Å². The van der Waals surface area contributed by atoms with Gasteiger partial charge in [-0.05, 0) is 114 Å². The van der Waals surface area contributed by atoms with Crippen LogP contribution in [0.4, 0.5) is 4.79 Å². The molecule has 1 spiro atoms. The molecule has 0 aromatic heterocycles. The predicted octanol–water partition coefficient (Wildman–Crippen LogP) is 4.54. The van der Waals surface area contributed by atoms with Gasteiger partial charge in [-0.15, -0.1) is 0 Å². The smallest absolute Gasteiger partial charge is 0.411 e. The summed E-state index contributed by atoms with van der Waals surface area (Å²) >= 11 is 0. The van der Waals surface area contributed by atoms with E-state index in [0.717, 1.165) is 43.3 Å². The molecule has 4 saturated carbocycles. The minimum Gasteiger partial charge on any atom is -0.444 e. The van der Waals surface area contributed by atoms with Crippen molar-refractivity contribution in [2.75, 3.05) is 19.6 Å². The molecule has 6 aliphatic rings. The van der Waals surface area contributed by atoms with Gasteiger partial charge in [-0.1, -0.05) is 24.3 Å². The van der Waals surface area contributed by atoms with Crippen LogP contribution in [-0.4, -0.2) is 48.2 Å². The topological polar surface area (TPSA) is 70.7 Å². The molecule has 5 fully saturated rings. The number of benzene rings is 1. The number of hydrogen-bond donors (Lipinski definition) is 2. The van der Waals surface area contributed by atoms with Crippen molar-refractivity contribution in [2.45, 2.75) is 88.8 Å². The Morgan fingerprint density at radius 2 is 1.63 bits per heavy atom. The fourth-order valence-electron chi connectivity index (χ4n) is 8.40. The van der Waals surface area contributed by atoms with E-state index in [9.17, 15) is 9.59 Å². The van der Waals surface area contributed by atoms with E-state index in [1.54, 1.807) is 4.90 Å². The van der Waals surface area contributed by atoms with Crippen LogP contribution in [0, 0.1) is 23.7 Å². The third-order valence-electron chi connectivity index (χ3n) is 9.58. The molecule has 1 atom stereocenters. The van der Waals surface area contributed by atoms with Crippen LogP contribution in [-0.2, 0) is 14.9 Å². The summed E-state index contributed by atoms with van der Waals surface area (Å²) in [6.45, 7) is 8.05. The molecule has 7 rings (SSSR count). The number of amides is 2. The van der Waals surface area contributed by atoms with Crippen molar-refractivity contribution in [1.82, 2.24) is 15.5 Å². The fraction of sp³-hybridized carbons (Fsp3) is 0.724. The van der Waals surface area contributed by atoms with Gasteiger partial charge in [0, 0.05) is 18.0 Å². The maximum Gasteiger partial charge on any atom is 0.411 e. The van der Waals surface area contributed by atoms with Crippen LogP contribution in [0.3, 0.4) is 0 Å². The molecule has 4 bridgehead atoms. The standard InChI is InChI=1S/C29H41N3O3/c1-28(2,3)35-27(34)32-17-29(8-10-30-11-9-29)23-7-5-4-6-22(23)25(32)26(33)31-24-20-13-18-12-19(15-20)16-21(24)14-18/h4-7,18-21,24-25,30H,8-17H2,1-3H3,(H,31,33)/t18?,19?,20?,21?,24?,25-/m1/s1. The van der Waals surface area contributed by atoms with Crippen LogP contribution in [0.25, 0.3) is 0 Å². The summed E-state index contributed by atoms with van der Waals surface area (Å²) in [4.78, 5) is 29.5. The molecule has 190 valence electrons. The van der Waals surface area contributed by atoms with E-state index in [1.807, 2.05) is 26.8 Å². The van der Waals surface area contributed by atoms with E-state index in [4.69, 9.17) is 4.74 Å². The first-order chi connectivity index (χ1) is 16.7. The quantitative estimate of drug-likeness (QED) is 0.653. The van der Waals surface area contributed by atoms with Gasteiger partial charge in [0.2, 0.25) is 5.91 Å². The number of nitrogens with zero attached hydrogens (tertiary/aromatic N) is 1. The van der Waals surface area contributed by atoms with Crippen LogP contribution in [0.15, 0.2) is 24.3 Å². The number of nitrogens with one attached hydrogen (secondary N) is 2. The molecule has 6 nitrogen and oxygen atoms in total. The first-order valence-electron chi connectivity index (χ1n) is 13.8. The molecule has 1 aromatic carbocycles. The summed E-state index contributed by atoms with van der Waals surface area (Å²) in [5.41, 5.74) is 1.47. The average Bonchev–Trinajstić information content (AvgIpc) is 2.80. The summed E-state index contributed by atoms with van der Waals surface area (Å²) in [5.74, 6) is 2.89. The monoisotopic (exact) mass is 479 g/mol. The first-order valence-corrected chi connectivity index (χ1v) is 13.8. The second-order valence-corrected chi connectivity index (χ2v) is 13.1. The van der Waals surface area contributed by atoms with Gasteiger partial charge in [-0.2, -0.15) is 0 Å². The molecule has 1 saturated heterocycles. The highest BCUT2D eigenvalue weighted by atomic mass is 16.6. The third-order valence-corrected chi connectivity index (χ3v) is 9.58. The van der Waals surface area contributed by atoms with Crippen molar-refractivity contribution in [1.29, 1.82) is 0 Å². The Labute approximate surface area is 209 Å². The van der Waals surface area contributed by atoms with Gasteiger partial charge in [-0.25, -0.2) is 4.79 Å². The molecule has 2 aliphatic heterocycles. The number of piperidine rings is 1. The first kappa shape index (κ1) is 23.3. The van der Waals surface area contributed by atoms with Crippen molar-refractivity contribution < 1.29 is 14.3 Å². The van der Waals surface area contributed by atoms with E-state index in [2.05, 4.69) is 28.8 Å². The van der Waals surface area contributed by atoms with Gasteiger partial charge in [0.25, 0.3) is 0 Å². The second kappa shape index (κ2) is 8.50. The van der Waals surface area contributed by atoms with E-state index in [0.29, 0.717) is 18.4 Å². The number of ether oxygens (including phenoxy) is 1. The lowest BCUT2D eigenvalue weighted by atomic mass is 9.54. The van der Waals surface area contributed by atoms with Crippen LogP contribution >= 0.6 is 0 Å². The molecule has 0 unspecified atom stereocenters. The predicted molar refractivity (Wildman–Crippen MR) is 135 cm³/mol. The van der Waals surface area contributed by atoms with Gasteiger partial charge < -0.3 is 15.4 Å². The van der Waals surface area contributed by atoms with E-state index in [-0.39, 0.29) is 23.5 Å². The Balaban J connectivity index is 1.34. The number of carbonyl (C=O) groups excluding carboxylic acids is 2. The zero-order valence-electron chi connectivity index (χ0n) is 21.5. The minimum atomic E-state index is -0.640. The maximum absolute atomic E-state index is 14.1. The highest BCUT2D eigenvalue weighted by molar-refractivity contribution is 5.88. The van der Waals surface area contributed by atoms with Gasteiger partial charge in [-0.3, -0.25) is 9.69 Å². The third kappa shape index (κ3) is 4.16. The number of fused-ring (bicyclic) bond motifs is 2. The summed E-state index contributed by atoms with van der Waals surface area (Å²) in [6.07, 6.45) is 7.94. The normalized spacial score (nSPS) is 35.0. The SMILES string of the molecule is CC(C)(C)OC(=O)N1CC2(CCNCC2)c2ccccc2[C@@H]1C(=O)NC1C2CC3CC(C2)CC1C3. The Kier molecular flexibility index (Phi) is 5.66. The van der Waals surface area contributed by atoms with E-state index >= 15 is 0 Å². The summed E-state index contributed by atoms with van der Waals surface area (Å²) < 4.78 is 5.88. The lowest BCUT2D eigenvalue weighted by Crippen LogP contribution is -2.60. The molecule has 35 heavy (non-hydrogen) atoms. The molecular formula is C29H41N3O3. The van der Waals surface area contributed by atoms with Crippen LogP contribution < -0.4 is 10.6 Å². The van der Waals surface area contributed by atoms with Crippen molar-refractivity contribution in [2.24, 2.45) is 23.7 Å². The zero-order valence-corrected chi connectivity index (χ0v) is 21.5. The molecule has 2 N–H and O–H groups in total. The van der Waals surface area contributed by atoms with Gasteiger partial charge in [0.1, 0.15) is 11.6 Å². The lowest BCUT2D eigenvalue weighted by Gasteiger charge is -2.55. The summed E-state index contributed by atoms with van der Waals surface area (Å²) in [7, 11) is 0. The molecule has 0 radical (unpaired) electrons. The Bertz CT molecular complexity index is 965. The highest BCUT2D eigenvalue weighted by Crippen LogP contribution is 2.54. The molecule has 2 heterocycles. The van der Waals surface area contributed by atoms with Crippen LogP contribution in [0.1, 0.15) is 82.9 Å². The Morgan fingerprint density at radius 1 is 1.00 bits per heavy atom. The van der Waals surface area contributed by atoms with Crippen molar-refractivity contribution >= 4 is 12.0 Å². The fourth-order valence-corrected chi connectivity index (χ4v) is 8.40. The largest absolute Gasteiger partial charge is 0.444 e. The summed E-state index contributed by atoms with van der Waals surface area (Å²) in [6, 6.07) is 7.96. The number of carbonyl (C=O) groups is 2. The molecular weight excluding hydrogens is 438 g/mol. The number of rotatable bonds is 2. The molecule has 4 aliphatic carbocycles. The highest BCUT2D eigenvalue weighted by Gasteiger charge is 2.52. The number of hydrogen-bond acceptors (Lipinski definition) is 4. The van der Waals surface area contributed by atoms with E-state index in [1.165, 1.54) is 37.7 Å². The van der Waals surface area contributed by atoms with Crippen molar-refractivity contribution in [3.8, 4) is 0 Å². The molecule has 2 amide bonds. The summed E-state index contributed by atoms with van der Waals surface area (Å²) in [5, 5.41) is 6.98. The van der Waals surface area contributed by atoms with Crippen molar-refractivity contribution in [3.63, 3.8) is 0 Å². The maximum atomic E-state index is 14.1. The van der Waals surface area contributed by atoms with Gasteiger partial charge in [0.05, 0.1) is 0 Å². The van der Waals surface area contributed by atoms with Crippen LogP contribution in [0.2, 0.25) is 0 Å². The molecule has 1 aromatic rings.